The Hall–Kier alpha value is -0.630. The Balaban J connectivity index is 2.34. The number of carbonyl (C=O) groups excluding carboxylic acids is 1. The van der Waals surface area contributed by atoms with E-state index in [1.807, 2.05) is 4.68 Å². The number of nitrogens with zero attached hydrogens (tertiary/aromatic N) is 2. The van der Waals surface area contributed by atoms with Crippen LogP contribution < -0.4 is 0 Å². The van der Waals surface area contributed by atoms with Crippen LogP contribution in [-0.4, -0.2) is 36.1 Å². The van der Waals surface area contributed by atoms with Crippen LogP contribution >= 0.6 is 22.6 Å². The molecule has 0 fully saturated rings. The van der Waals surface area contributed by atoms with Crippen LogP contribution in [0, 0.1) is 3.57 Å². The molecule has 0 spiro atoms. The van der Waals surface area contributed by atoms with Crippen molar-refractivity contribution in [3.63, 3.8) is 0 Å². The van der Waals surface area contributed by atoms with Gasteiger partial charge in [-0.1, -0.05) is 0 Å². The summed E-state index contributed by atoms with van der Waals surface area (Å²) in [5.74, 6) is -0.375. The molecule has 1 aliphatic heterocycles. The van der Waals surface area contributed by atoms with Crippen LogP contribution in [0.3, 0.4) is 0 Å². The molecule has 88 valence electrons. The van der Waals surface area contributed by atoms with Crippen LogP contribution in [0.15, 0.2) is 0 Å². The molecule has 1 aromatic heterocycles. The standard InChI is InChI=1S/C10H13IN2O3/c1-15-6-3-4-13-7(5-6)8(11)9(12-13)10(14)16-2/h6H,3-5H2,1-2H3. The highest BCUT2D eigenvalue weighted by Gasteiger charge is 2.27. The number of rotatable bonds is 2. The first kappa shape index (κ1) is 11.8. The number of hydrogen-bond acceptors (Lipinski definition) is 4. The molecule has 0 aliphatic carbocycles. The van der Waals surface area contributed by atoms with Crippen molar-refractivity contribution >= 4 is 28.6 Å². The van der Waals surface area contributed by atoms with Gasteiger partial charge in [-0.2, -0.15) is 5.10 Å². The van der Waals surface area contributed by atoms with Crippen molar-refractivity contribution in [2.45, 2.75) is 25.5 Å². The fraction of sp³-hybridized carbons (Fsp3) is 0.600. The van der Waals surface area contributed by atoms with Crippen LogP contribution in [-0.2, 0) is 22.4 Å². The topological polar surface area (TPSA) is 53.3 Å². The molecular weight excluding hydrogens is 323 g/mol. The lowest BCUT2D eigenvalue weighted by Gasteiger charge is -2.21. The Kier molecular flexibility index (Phi) is 3.48. The molecule has 0 saturated carbocycles. The first-order chi connectivity index (χ1) is 7.67. The molecule has 0 amide bonds. The lowest BCUT2D eigenvalue weighted by molar-refractivity contribution is 0.0591. The number of esters is 1. The number of carbonyl (C=O) groups is 1. The van der Waals surface area contributed by atoms with Gasteiger partial charge in [0.05, 0.1) is 22.5 Å². The van der Waals surface area contributed by atoms with Crippen molar-refractivity contribution in [2.75, 3.05) is 14.2 Å². The van der Waals surface area contributed by atoms with E-state index in [0.717, 1.165) is 28.7 Å². The number of aryl methyl sites for hydroxylation is 1. The SMILES string of the molecule is COC(=O)c1nn2c(c1I)CC(OC)CC2. The van der Waals surface area contributed by atoms with E-state index in [9.17, 15) is 4.79 Å². The molecule has 6 heteroatoms. The number of hydrogen-bond donors (Lipinski definition) is 0. The molecule has 1 atom stereocenters. The van der Waals surface area contributed by atoms with E-state index in [1.54, 1.807) is 7.11 Å². The summed E-state index contributed by atoms with van der Waals surface area (Å²) in [6, 6.07) is 0. The molecule has 16 heavy (non-hydrogen) atoms. The summed E-state index contributed by atoms with van der Waals surface area (Å²) in [6.45, 7) is 0.792. The summed E-state index contributed by atoms with van der Waals surface area (Å²) >= 11 is 2.14. The van der Waals surface area contributed by atoms with Crippen molar-refractivity contribution < 1.29 is 14.3 Å². The Bertz CT molecular complexity index is 416. The Labute approximate surface area is 107 Å². The van der Waals surface area contributed by atoms with Crippen molar-refractivity contribution in [1.29, 1.82) is 0 Å². The minimum atomic E-state index is -0.375. The van der Waals surface area contributed by atoms with Gasteiger partial charge >= 0.3 is 5.97 Å². The normalized spacial score (nSPS) is 19.3. The molecule has 0 bridgehead atoms. The zero-order chi connectivity index (χ0) is 11.7. The predicted octanol–water partition coefficient (Wildman–Crippen LogP) is 1.24. The number of methoxy groups -OCH3 is 2. The minimum absolute atomic E-state index is 0.225. The van der Waals surface area contributed by atoms with E-state index in [1.165, 1.54) is 7.11 Å². The highest BCUT2D eigenvalue weighted by molar-refractivity contribution is 14.1. The van der Waals surface area contributed by atoms with E-state index in [0.29, 0.717) is 5.69 Å². The van der Waals surface area contributed by atoms with Gasteiger partial charge in [0.2, 0.25) is 0 Å². The molecule has 0 aromatic carbocycles. The lowest BCUT2D eigenvalue weighted by Crippen LogP contribution is -2.25. The fourth-order valence-corrected chi connectivity index (χ4v) is 2.69. The second-order valence-corrected chi connectivity index (χ2v) is 4.75. The molecule has 1 unspecified atom stereocenters. The highest BCUT2D eigenvalue weighted by Crippen LogP contribution is 2.24. The molecule has 2 heterocycles. The van der Waals surface area contributed by atoms with Crippen LogP contribution in [0.5, 0.6) is 0 Å². The fourth-order valence-electron chi connectivity index (χ4n) is 1.87. The van der Waals surface area contributed by atoms with E-state index < -0.39 is 0 Å². The number of aromatic nitrogens is 2. The summed E-state index contributed by atoms with van der Waals surface area (Å²) in [7, 11) is 3.08. The summed E-state index contributed by atoms with van der Waals surface area (Å²) < 4.78 is 12.8. The molecule has 2 rings (SSSR count). The summed E-state index contributed by atoms with van der Waals surface area (Å²) in [5, 5.41) is 4.27. The van der Waals surface area contributed by atoms with Crippen LogP contribution in [0.25, 0.3) is 0 Å². The van der Waals surface area contributed by atoms with Crippen molar-refractivity contribution in [2.24, 2.45) is 0 Å². The maximum Gasteiger partial charge on any atom is 0.359 e. The first-order valence-corrected chi connectivity index (χ1v) is 6.11. The zero-order valence-corrected chi connectivity index (χ0v) is 11.4. The predicted molar refractivity (Wildman–Crippen MR) is 65.4 cm³/mol. The lowest BCUT2D eigenvalue weighted by atomic mass is 10.1. The van der Waals surface area contributed by atoms with E-state index in [2.05, 4.69) is 27.7 Å². The van der Waals surface area contributed by atoms with E-state index >= 15 is 0 Å². The summed E-state index contributed by atoms with van der Waals surface area (Å²) in [5.41, 5.74) is 1.48. The third-order valence-corrected chi connectivity index (χ3v) is 3.92. The monoisotopic (exact) mass is 336 g/mol. The van der Waals surface area contributed by atoms with Crippen molar-refractivity contribution in [3.05, 3.63) is 15.0 Å². The number of ether oxygens (including phenoxy) is 2. The maximum absolute atomic E-state index is 11.5. The molecule has 1 aliphatic rings. The van der Waals surface area contributed by atoms with E-state index in [4.69, 9.17) is 9.47 Å². The number of fused-ring (bicyclic) bond motifs is 1. The zero-order valence-electron chi connectivity index (χ0n) is 9.20. The molecule has 0 radical (unpaired) electrons. The van der Waals surface area contributed by atoms with Gasteiger partial charge in [-0.3, -0.25) is 4.68 Å². The van der Waals surface area contributed by atoms with Gasteiger partial charge in [0, 0.05) is 20.1 Å². The van der Waals surface area contributed by atoms with E-state index in [-0.39, 0.29) is 12.1 Å². The largest absolute Gasteiger partial charge is 0.464 e. The highest BCUT2D eigenvalue weighted by atomic mass is 127. The van der Waals surface area contributed by atoms with Crippen molar-refractivity contribution in [1.82, 2.24) is 9.78 Å². The quantitative estimate of drug-likeness (QED) is 0.602. The van der Waals surface area contributed by atoms with Gasteiger partial charge in [0.15, 0.2) is 5.69 Å². The smallest absolute Gasteiger partial charge is 0.359 e. The Morgan fingerprint density at radius 3 is 2.94 bits per heavy atom. The van der Waals surface area contributed by atoms with Crippen LogP contribution in [0.2, 0.25) is 0 Å². The maximum atomic E-state index is 11.5. The second kappa shape index (κ2) is 4.70. The average Bonchev–Trinajstić information content (AvgIpc) is 2.65. The molecular formula is C10H13IN2O3. The third-order valence-electron chi connectivity index (χ3n) is 2.79. The number of halogens is 1. The average molecular weight is 336 g/mol. The van der Waals surface area contributed by atoms with Gasteiger partial charge in [-0.25, -0.2) is 4.79 Å². The van der Waals surface area contributed by atoms with Gasteiger partial charge in [0.25, 0.3) is 0 Å². The first-order valence-electron chi connectivity index (χ1n) is 5.03. The molecule has 1 aromatic rings. The van der Waals surface area contributed by atoms with Crippen LogP contribution in [0.1, 0.15) is 22.6 Å². The molecule has 0 saturated heterocycles. The van der Waals surface area contributed by atoms with Gasteiger partial charge in [0.1, 0.15) is 0 Å². The van der Waals surface area contributed by atoms with Gasteiger partial charge in [-0.05, 0) is 29.0 Å². The van der Waals surface area contributed by atoms with Crippen molar-refractivity contribution in [3.8, 4) is 0 Å². The third kappa shape index (κ3) is 1.95. The summed E-state index contributed by atoms with van der Waals surface area (Å²) in [4.78, 5) is 11.5. The molecule has 0 N–H and O–H groups in total. The van der Waals surface area contributed by atoms with Crippen LogP contribution in [0.4, 0.5) is 0 Å². The second-order valence-electron chi connectivity index (χ2n) is 3.67. The summed E-state index contributed by atoms with van der Waals surface area (Å²) in [6.07, 6.45) is 1.96. The Morgan fingerprint density at radius 1 is 1.56 bits per heavy atom. The molecule has 5 nitrogen and oxygen atoms in total. The van der Waals surface area contributed by atoms with Gasteiger partial charge < -0.3 is 9.47 Å². The Morgan fingerprint density at radius 2 is 2.31 bits per heavy atom. The minimum Gasteiger partial charge on any atom is -0.464 e. The van der Waals surface area contributed by atoms with Gasteiger partial charge in [-0.15, -0.1) is 0 Å².